The maximum Gasteiger partial charge on any atom is 0.263 e. The van der Waals surface area contributed by atoms with E-state index in [1.54, 1.807) is 18.2 Å². The van der Waals surface area contributed by atoms with Gasteiger partial charge in [0.1, 0.15) is 5.58 Å². The van der Waals surface area contributed by atoms with E-state index in [1.807, 2.05) is 25.1 Å². The van der Waals surface area contributed by atoms with E-state index in [9.17, 15) is 4.79 Å². The van der Waals surface area contributed by atoms with Gasteiger partial charge in [-0.05, 0) is 37.3 Å². The fourth-order valence-corrected chi connectivity index (χ4v) is 1.80. The Morgan fingerprint density at radius 2 is 2.00 bits per heavy atom. The van der Waals surface area contributed by atoms with Crippen LogP contribution in [0.5, 0.6) is 0 Å². The van der Waals surface area contributed by atoms with E-state index in [0.717, 1.165) is 10.9 Å². The zero-order valence-corrected chi connectivity index (χ0v) is 9.27. The van der Waals surface area contributed by atoms with Crippen LogP contribution in [0.2, 0.25) is 0 Å². The van der Waals surface area contributed by atoms with Gasteiger partial charge in [0.05, 0.1) is 6.26 Å². The first kappa shape index (κ1) is 9.90. The number of aryl methyl sites for hydroxylation is 1. The summed E-state index contributed by atoms with van der Waals surface area (Å²) in [5, 5.41) is 0.930. The van der Waals surface area contributed by atoms with Crippen molar-refractivity contribution in [2.24, 2.45) is 0 Å². The van der Waals surface area contributed by atoms with Crippen LogP contribution in [0.3, 0.4) is 0 Å². The zero-order chi connectivity index (χ0) is 11.8. The molecule has 1 aromatic carbocycles. The summed E-state index contributed by atoms with van der Waals surface area (Å²) in [5.41, 5.74) is 1.85. The summed E-state index contributed by atoms with van der Waals surface area (Å²) in [6, 6.07) is 10.8. The smallest absolute Gasteiger partial charge is 0.263 e. The molecule has 0 aliphatic heterocycles. The van der Waals surface area contributed by atoms with E-state index in [4.69, 9.17) is 8.83 Å². The molecule has 0 spiro atoms. The van der Waals surface area contributed by atoms with Gasteiger partial charge in [0.25, 0.3) is 5.78 Å². The Hall–Kier alpha value is -2.29. The molecule has 0 radical (unpaired) electrons. The Kier molecular flexibility index (Phi) is 2.11. The first-order valence-electron chi connectivity index (χ1n) is 5.32. The fourth-order valence-electron chi connectivity index (χ4n) is 1.80. The van der Waals surface area contributed by atoms with Crippen LogP contribution in [0, 0.1) is 6.92 Å². The van der Waals surface area contributed by atoms with Crippen molar-refractivity contribution in [1.29, 1.82) is 0 Å². The molecule has 0 bridgehead atoms. The molecule has 3 nitrogen and oxygen atoms in total. The number of fused-ring (bicyclic) bond motifs is 1. The molecule has 0 amide bonds. The minimum atomic E-state index is -0.233. The minimum Gasteiger partial charge on any atom is -0.461 e. The molecule has 0 unspecified atom stereocenters. The quantitative estimate of drug-likeness (QED) is 0.627. The molecule has 3 heteroatoms. The van der Waals surface area contributed by atoms with Crippen molar-refractivity contribution in [2.45, 2.75) is 6.92 Å². The highest BCUT2D eigenvalue weighted by Gasteiger charge is 2.16. The molecule has 3 aromatic rings. The van der Waals surface area contributed by atoms with Crippen molar-refractivity contribution in [1.82, 2.24) is 0 Å². The SMILES string of the molecule is Cc1ccc2oc(C(=O)c3ccco3)cc2c1. The number of carbonyl (C=O) groups excluding carboxylic acids is 1. The topological polar surface area (TPSA) is 43.4 Å². The molecule has 0 aliphatic carbocycles. The second-order valence-corrected chi connectivity index (χ2v) is 3.96. The molecule has 2 aromatic heterocycles. The average molecular weight is 226 g/mol. The van der Waals surface area contributed by atoms with E-state index >= 15 is 0 Å². The number of benzene rings is 1. The Morgan fingerprint density at radius 3 is 2.76 bits per heavy atom. The third-order valence-corrected chi connectivity index (χ3v) is 2.64. The molecule has 0 fully saturated rings. The highest BCUT2D eigenvalue weighted by molar-refractivity contribution is 6.07. The number of furan rings is 2. The second-order valence-electron chi connectivity index (χ2n) is 3.96. The number of ketones is 1. The number of carbonyl (C=O) groups is 1. The highest BCUT2D eigenvalue weighted by Crippen LogP contribution is 2.22. The molecule has 0 atom stereocenters. The van der Waals surface area contributed by atoms with E-state index in [1.165, 1.54) is 6.26 Å². The molecule has 0 saturated heterocycles. The molecule has 0 saturated carbocycles. The highest BCUT2D eigenvalue weighted by atomic mass is 16.4. The number of hydrogen-bond acceptors (Lipinski definition) is 3. The second kappa shape index (κ2) is 3.63. The lowest BCUT2D eigenvalue weighted by Crippen LogP contribution is -1.96. The summed E-state index contributed by atoms with van der Waals surface area (Å²) >= 11 is 0. The van der Waals surface area contributed by atoms with Gasteiger partial charge in [-0.15, -0.1) is 0 Å². The van der Waals surface area contributed by atoms with Gasteiger partial charge in [0.15, 0.2) is 11.5 Å². The molecule has 84 valence electrons. The lowest BCUT2D eigenvalue weighted by atomic mass is 10.1. The van der Waals surface area contributed by atoms with Crippen molar-refractivity contribution in [3.05, 3.63) is 59.7 Å². The van der Waals surface area contributed by atoms with Crippen LogP contribution in [-0.2, 0) is 0 Å². The van der Waals surface area contributed by atoms with Crippen LogP contribution in [0.25, 0.3) is 11.0 Å². The summed E-state index contributed by atoms with van der Waals surface area (Å²) in [7, 11) is 0. The van der Waals surface area contributed by atoms with Crippen molar-refractivity contribution >= 4 is 16.8 Å². The first-order valence-corrected chi connectivity index (χ1v) is 5.32. The molecule has 17 heavy (non-hydrogen) atoms. The fraction of sp³-hybridized carbons (Fsp3) is 0.0714. The lowest BCUT2D eigenvalue weighted by molar-refractivity contribution is 0.0985. The molecule has 0 aliphatic rings. The first-order chi connectivity index (χ1) is 8.24. The van der Waals surface area contributed by atoms with Gasteiger partial charge in [-0.3, -0.25) is 4.79 Å². The van der Waals surface area contributed by atoms with Gasteiger partial charge in [-0.25, -0.2) is 0 Å². The normalized spacial score (nSPS) is 10.9. The molecular weight excluding hydrogens is 216 g/mol. The molecule has 2 heterocycles. The Morgan fingerprint density at radius 1 is 1.12 bits per heavy atom. The van der Waals surface area contributed by atoms with E-state index < -0.39 is 0 Å². The van der Waals surface area contributed by atoms with Gasteiger partial charge < -0.3 is 8.83 Å². The average Bonchev–Trinajstić information content (AvgIpc) is 2.96. The molecule has 0 N–H and O–H groups in total. The summed E-state index contributed by atoms with van der Waals surface area (Å²) in [4.78, 5) is 12.0. The Balaban J connectivity index is 2.09. The molecular formula is C14H10O3. The summed E-state index contributed by atoms with van der Waals surface area (Å²) in [6.45, 7) is 2.00. The van der Waals surface area contributed by atoms with Crippen LogP contribution in [0.1, 0.15) is 21.9 Å². The third kappa shape index (κ3) is 1.65. The van der Waals surface area contributed by atoms with Crippen LogP contribution in [-0.4, -0.2) is 5.78 Å². The summed E-state index contributed by atoms with van der Waals surface area (Å²) in [5.74, 6) is 0.366. The minimum absolute atomic E-state index is 0.233. The van der Waals surface area contributed by atoms with Crippen LogP contribution >= 0.6 is 0 Å². The van der Waals surface area contributed by atoms with Crippen LogP contribution in [0.15, 0.2) is 51.5 Å². The summed E-state index contributed by atoms with van der Waals surface area (Å²) < 4.78 is 10.6. The maximum absolute atomic E-state index is 12.0. The van der Waals surface area contributed by atoms with E-state index in [0.29, 0.717) is 17.1 Å². The monoisotopic (exact) mass is 226 g/mol. The maximum atomic E-state index is 12.0. The standard InChI is InChI=1S/C14H10O3/c1-9-4-5-11-10(7-9)8-13(17-11)14(15)12-3-2-6-16-12/h2-8H,1H3. The zero-order valence-electron chi connectivity index (χ0n) is 9.27. The van der Waals surface area contributed by atoms with Crippen LogP contribution in [0.4, 0.5) is 0 Å². The van der Waals surface area contributed by atoms with Crippen molar-refractivity contribution in [3.63, 3.8) is 0 Å². The lowest BCUT2D eigenvalue weighted by Gasteiger charge is -1.90. The molecule has 3 rings (SSSR count). The predicted molar refractivity (Wildman–Crippen MR) is 63.1 cm³/mol. The van der Waals surface area contributed by atoms with E-state index in [-0.39, 0.29) is 5.78 Å². The van der Waals surface area contributed by atoms with Crippen molar-refractivity contribution in [3.8, 4) is 0 Å². The van der Waals surface area contributed by atoms with Gasteiger partial charge >= 0.3 is 0 Å². The Bertz CT molecular complexity index is 675. The summed E-state index contributed by atoms with van der Waals surface area (Å²) in [6.07, 6.45) is 1.47. The number of hydrogen-bond donors (Lipinski definition) is 0. The van der Waals surface area contributed by atoms with Gasteiger partial charge in [-0.2, -0.15) is 0 Å². The Labute approximate surface area is 97.7 Å². The third-order valence-electron chi connectivity index (χ3n) is 2.64. The number of rotatable bonds is 2. The van der Waals surface area contributed by atoms with Gasteiger partial charge in [0.2, 0.25) is 0 Å². The predicted octanol–water partition coefficient (Wildman–Crippen LogP) is 3.57. The van der Waals surface area contributed by atoms with E-state index in [2.05, 4.69) is 0 Å². The van der Waals surface area contributed by atoms with Crippen LogP contribution < -0.4 is 0 Å². The van der Waals surface area contributed by atoms with Gasteiger partial charge in [0, 0.05) is 5.39 Å². The van der Waals surface area contributed by atoms with Gasteiger partial charge in [-0.1, -0.05) is 11.6 Å². The van der Waals surface area contributed by atoms with Crippen molar-refractivity contribution in [2.75, 3.05) is 0 Å². The van der Waals surface area contributed by atoms with Crippen molar-refractivity contribution < 1.29 is 13.6 Å². The largest absolute Gasteiger partial charge is 0.461 e.